The normalized spacial score (nSPS) is 20.7. The maximum Gasteiger partial charge on any atom is 0.238 e. The van der Waals surface area contributed by atoms with E-state index in [0.717, 1.165) is 46.4 Å². The summed E-state index contributed by atoms with van der Waals surface area (Å²) in [5, 5.41) is 0. The van der Waals surface area contributed by atoms with Gasteiger partial charge in [0.25, 0.3) is 0 Å². The van der Waals surface area contributed by atoms with Crippen molar-refractivity contribution in [3.05, 3.63) is 28.2 Å². The Morgan fingerprint density at radius 3 is 2.79 bits per heavy atom. The quantitative estimate of drug-likeness (QED) is 0.777. The molecule has 1 amide bonds. The van der Waals surface area contributed by atoms with Gasteiger partial charge in [-0.05, 0) is 48.1 Å². The molecule has 19 heavy (non-hydrogen) atoms. The molecule has 5 heteroatoms. The van der Waals surface area contributed by atoms with Crippen LogP contribution in [0.15, 0.2) is 22.7 Å². The fourth-order valence-electron chi connectivity index (χ4n) is 3.07. The molecule has 2 aliphatic heterocycles. The Balaban J connectivity index is 2.14. The van der Waals surface area contributed by atoms with E-state index in [4.69, 9.17) is 0 Å². The molecule has 2 aliphatic rings. The molecule has 1 aromatic rings. The third kappa shape index (κ3) is 1.94. The van der Waals surface area contributed by atoms with Gasteiger partial charge in [-0.3, -0.25) is 4.79 Å². The van der Waals surface area contributed by atoms with E-state index in [1.54, 1.807) is 4.90 Å². The standard InChI is InChI=1S/C14H14BrNO2S/c15-10-1-2-12-11(9-10)14(3-7-19-8-4-14)13(18)16(12)5-6-17/h1-2,6,9H,3-5,7-8H2. The van der Waals surface area contributed by atoms with Crippen LogP contribution in [-0.2, 0) is 15.0 Å². The van der Waals surface area contributed by atoms with E-state index in [0.29, 0.717) is 0 Å². The van der Waals surface area contributed by atoms with Gasteiger partial charge in [-0.1, -0.05) is 15.9 Å². The van der Waals surface area contributed by atoms with E-state index in [9.17, 15) is 9.59 Å². The number of aldehydes is 1. The van der Waals surface area contributed by atoms with Crippen LogP contribution in [0.1, 0.15) is 18.4 Å². The molecule has 1 spiro atoms. The number of carbonyl (C=O) groups excluding carboxylic acids is 2. The van der Waals surface area contributed by atoms with Crippen LogP contribution in [0.25, 0.3) is 0 Å². The summed E-state index contributed by atoms with van der Waals surface area (Å²) in [6, 6.07) is 5.92. The van der Waals surface area contributed by atoms with E-state index >= 15 is 0 Å². The minimum atomic E-state index is -0.395. The highest BCUT2D eigenvalue weighted by atomic mass is 79.9. The summed E-state index contributed by atoms with van der Waals surface area (Å²) in [5.41, 5.74) is 1.61. The summed E-state index contributed by atoms with van der Waals surface area (Å²) in [5.74, 6) is 2.12. The van der Waals surface area contributed by atoms with Gasteiger partial charge in [-0.15, -0.1) is 0 Å². The highest BCUT2D eigenvalue weighted by Crippen LogP contribution is 2.49. The van der Waals surface area contributed by atoms with E-state index in [2.05, 4.69) is 15.9 Å². The van der Waals surface area contributed by atoms with Crippen molar-refractivity contribution in [2.24, 2.45) is 0 Å². The molecular weight excluding hydrogens is 326 g/mol. The number of amides is 1. The Bertz CT molecular complexity index is 540. The number of nitrogens with zero attached hydrogens (tertiary/aromatic N) is 1. The zero-order valence-electron chi connectivity index (χ0n) is 10.4. The monoisotopic (exact) mass is 339 g/mol. The number of thioether (sulfide) groups is 1. The van der Waals surface area contributed by atoms with Crippen molar-refractivity contribution < 1.29 is 9.59 Å². The van der Waals surface area contributed by atoms with E-state index in [-0.39, 0.29) is 12.5 Å². The van der Waals surface area contributed by atoms with Gasteiger partial charge in [0.15, 0.2) is 0 Å². The number of anilines is 1. The number of rotatable bonds is 2. The van der Waals surface area contributed by atoms with Gasteiger partial charge >= 0.3 is 0 Å². The second-order valence-corrected chi connectivity index (χ2v) is 7.08. The van der Waals surface area contributed by atoms with Crippen LogP contribution >= 0.6 is 27.7 Å². The lowest BCUT2D eigenvalue weighted by molar-refractivity contribution is -0.124. The number of hydrogen-bond donors (Lipinski definition) is 0. The summed E-state index contributed by atoms with van der Waals surface area (Å²) >= 11 is 5.39. The maximum atomic E-state index is 12.8. The molecule has 0 saturated carbocycles. The molecule has 1 aromatic carbocycles. The number of benzene rings is 1. The maximum absolute atomic E-state index is 12.8. The largest absolute Gasteiger partial charge is 0.304 e. The molecule has 0 aromatic heterocycles. The second-order valence-electron chi connectivity index (χ2n) is 4.94. The molecule has 0 bridgehead atoms. The average molecular weight is 340 g/mol. The van der Waals surface area contributed by atoms with Crippen LogP contribution in [0.5, 0.6) is 0 Å². The first-order valence-corrected chi connectivity index (χ1v) is 8.27. The van der Waals surface area contributed by atoms with Gasteiger partial charge in [0, 0.05) is 10.2 Å². The molecule has 2 heterocycles. The number of fused-ring (bicyclic) bond motifs is 2. The molecule has 3 nitrogen and oxygen atoms in total. The molecule has 0 aliphatic carbocycles. The highest BCUT2D eigenvalue weighted by molar-refractivity contribution is 9.10. The minimum Gasteiger partial charge on any atom is -0.304 e. The van der Waals surface area contributed by atoms with E-state index in [1.165, 1.54) is 0 Å². The van der Waals surface area contributed by atoms with Crippen LogP contribution in [0.4, 0.5) is 5.69 Å². The molecule has 1 saturated heterocycles. The Labute approximate surface area is 124 Å². The third-order valence-electron chi connectivity index (χ3n) is 4.02. The highest BCUT2D eigenvalue weighted by Gasteiger charge is 2.50. The summed E-state index contributed by atoms with van der Waals surface area (Å²) in [7, 11) is 0. The first kappa shape index (κ1) is 13.2. The molecule has 0 atom stereocenters. The minimum absolute atomic E-state index is 0.105. The van der Waals surface area contributed by atoms with E-state index in [1.807, 2.05) is 30.0 Å². The Hall–Kier alpha value is -0.810. The van der Waals surface area contributed by atoms with Crippen molar-refractivity contribution in [1.82, 2.24) is 0 Å². The zero-order chi connectivity index (χ0) is 13.5. The fraction of sp³-hybridized carbons (Fsp3) is 0.429. The van der Waals surface area contributed by atoms with Crippen LogP contribution in [0.2, 0.25) is 0 Å². The molecule has 1 fully saturated rings. The van der Waals surface area contributed by atoms with Gasteiger partial charge in [-0.25, -0.2) is 0 Å². The predicted octanol–water partition coefficient (Wildman–Crippen LogP) is 2.76. The van der Waals surface area contributed by atoms with Gasteiger partial charge in [0.1, 0.15) is 6.29 Å². The smallest absolute Gasteiger partial charge is 0.238 e. The topological polar surface area (TPSA) is 37.4 Å². The molecule has 0 radical (unpaired) electrons. The van der Waals surface area contributed by atoms with Gasteiger partial charge in [0.2, 0.25) is 5.91 Å². The average Bonchev–Trinajstić information content (AvgIpc) is 2.64. The van der Waals surface area contributed by atoms with Gasteiger partial charge < -0.3 is 9.69 Å². The first-order chi connectivity index (χ1) is 9.19. The van der Waals surface area contributed by atoms with Crippen molar-refractivity contribution in [2.45, 2.75) is 18.3 Å². The summed E-state index contributed by atoms with van der Waals surface area (Å²) in [6.07, 6.45) is 2.55. The van der Waals surface area contributed by atoms with Crippen LogP contribution < -0.4 is 4.90 Å². The second kappa shape index (κ2) is 4.94. The summed E-state index contributed by atoms with van der Waals surface area (Å²) < 4.78 is 0.990. The lowest BCUT2D eigenvalue weighted by Crippen LogP contribution is -2.43. The SMILES string of the molecule is O=CCN1C(=O)C2(CCSCC2)c2cc(Br)ccc21. The van der Waals surface area contributed by atoms with Crippen LogP contribution in [0.3, 0.4) is 0 Å². The van der Waals surface area contributed by atoms with Gasteiger partial charge in [-0.2, -0.15) is 11.8 Å². The van der Waals surface area contributed by atoms with Crippen LogP contribution in [-0.4, -0.2) is 30.2 Å². The molecule has 3 rings (SSSR count). The fourth-order valence-corrected chi connectivity index (χ4v) is 4.62. The Kier molecular flexibility index (Phi) is 3.43. The lowest BCUT2D eigenvalue weighted by atomic mass is 9.76. The molecule has 100 valence electrons. The van der Waals surface area contributed by atoms with Crippen molar-refractivity contribution >= 4 is 45.6 Å². The van der Waals surface area contributed by atoms with Crippen molar-refractivity contribution in [1.29, 1.82) is 0 Å². The first-order valence-electron chi connectivity index (χ1n) is 6.32. The number of hydrogen-bond acceptors (Lipinski definition) is 3. The number of carbonyl (C=O) groups is 2. The summed E-state index contributed by atoms with van der Waals surface area (Å²) in [6.45, 7) is 0.155. The molecular formula is C14H14BrNO2S. The van der Waals surface area contributed by atoms with Crippen molar-refractivity contribution in [3.8, 4) is 0 Å². The van der Waals surface area contributed by atoms with Gasteiger partial charge in [0.05, 0.1) is 12.0 Å². The van der Waals surface area contributed by atoms with Crippen molar-refractivity contribution in [2.75, 3.05) is 23.0 Å². The van der Waals surface area contributed by atoms with Crippen molar-refractivity contribution in [3.63, 3.8) is 0 Å². The predicted molar refractivity (Wildman–Crippen MR) is 80.8 cm³/mol. The molecule has 0 N–H and O–H groups in total. The summed E-state index contributed by atoms with van der Waals surface area (Å²) in [4.78, 5) is 25.3. The van der Waals surface area contributed by atoms with E-state index < -0.39 is 5.41 Å². The lowest BCUT2D eigenvalue weighted by Gasteiger charge is -2.32. The molecule has 0 unspecified atom stereocenters. The Morgan fingerprint density at radius 1 is 1.37 bits per heavy atom. The zero-order valence-corrected chi connectivity index (χ0v) is 12.8. The third-order valence-corrected chi connectivity index (χ3v) is 5.50. The Morgan fingerprint density at radius 2 is 2.11 bits per heavy atom. The number of halogens is 1. The van der Waals surface area contributed by atoms with Crippen LogP contribution in [0, 0.1) is 0 Å².